The Morgan fingerprint density at radius 3 is 2.93 bits per heavy atom. The van der Waals surface area contributed by atoms with E-state index in [0.717, 1.165) is 67.2 Å². The second-order valence-electron chi connectivity index (χ2n) is 7.69. The van der Waals surface area contributed by atoms with E-state index in [-0.39, 0.29) is 5.91 Å². The van der Waals surface area contributed by atoms with Crippen molar-refractivity contribution in [1.82, 2.24) is 24.8 Å². The molecule has 1 saturated carbocycles. The van der Waals surface area contributed by atoms with E-state index in [0.29, 0.717) is 18.2 Å². The van der Waals surface area contributed by atoms with Crippen molar-refractivity contribution in [3.8, 4) is 5.69 Å². The van der Waals surface area contributed by atoms with Gasteiger partial charge in [0.15, 0.2) is 17.0 Å². The number of amides is 1. The van der Waals surface area contributed by atoms with Crippen LogP contribution in [0.4, 0.5) is 5.82 Å². The quantitative estimate of drug-likeness (QED) is 0.733. The van der Waals surface area contributed by atoms with Crippen LogP contribution in [-0.4, -0.2) is 57.8 Å². The Labute approximate surface area is 168 Å². The van der Waals surface area contributed by atoms with E-state index in [1.54, 1.807) is 12.7 Å². The van der Waals surface area contributed by atoms with Crippen LogP contribution in [0, 0.1) is 6.92 Å². The van der Waals surface area contributed by atoms with Gasteiger partial charge in [-0.2, -0.15) is 0 Å². The fourth-order valence-electron chi connectivity index (χ4n) is 3.69. The molecular formula is C21H24N6O2. The summed E-state index contributed by atoms with van der Waals surface area (Å²) in [5, 5.41) is 3.05. The number of nitrogens with one attached hydrogen (secondary N) is 1. The number of benzene rings is 1. The van der Waals surface area contributed by atoms with Crippen LogP contribution in [0.25, 0.3) is 16.9 Å². The number of rotatable bonds is 4. The molecule has 0 radical (unpaired) electrons. The molecule has 0 bridgehead atoms. The molecule has 0 unspecified atom stereocenters. The van der Waals surface area contributed by atoms with Crippen molar-refractivity contribution in [2.24, 2.45) is 0 Å². The lowest BCUT2D eigenvalue weighted by molar-refractivity contribution is 0.0951. The molecule has 1 amide bonds. The molecule has 1 aliphatic carbocycles. The van der Waals surface area contributed by atoms with Crippen LogP contribution in [0.5, 0.6) is 0 Å². The van der Waals surface area contributed by atoms with Crippen LogP contribution >= 0.6 is 0 Å². The Hall–Kier alpha value is -3.00. The first-order valence-electron chi connectivity index (χ1n) is 10.1. The molecule has 1 N–H and O–H groups in total. The molecule has 29 heavy (non-hydrogen) atoms. The van der Waals surface area contributed by atoms with Gasteiger partial charge in [0.1, 0.15) is 12.7 Å². The van der Waals surface area contributed by atoms with Crippen molar-refractivity contribution in [2.75, 3.05) is 31.2 Å². The first-order valence-corrected chi connectivity index (χ1v) is 10.1. The predicted molar refractivity (Wildman–Crippen MR) is 110 cm³/mol. The average molecular weight is 392 g/mol. The molecule has 0 spiro atoms. The summed E-state index contributed by atoms with van der Waals surface area (Å²) >= 11 is 0. The number of imidazole rings is 1. The highest BCUT2D eigenvalue weighted by molar-refractivity contribution is 5.95. The maximum atomic E-state index is 12.5. The molecule has 2 fully saturated rings. The monoisotopic (exact) mass is 392 g/mol. The zero-order valence-corrected chi connectivity index (χ0v) is 16.5. The number of hydrogen-bond donors (Lipinski definition) is 1. The summed E-state index contributed by atoms with van der Waals surface area (Å²) in [6.45, 7) is 5.15. The minimum absolute atomic E-state index is 0.0296. The van der Waals surface area contributed by atoms with Crippen LogP contribution in [0.15, 0.2) is 30.9 Å². The lowest BCUT2D eigenvalue weighted by atomic mass is 10.1. The summed E-state index contributed by atoms with van der Waals surface area (Å²) in [6, 6.07) is 6.08. The van der Waals surface area contributed by atoms with Gasteiger partial charge in [0, 0.05) is 31.3 Å². The molecule has 8 nitrogen and oxygen atoms in total. The number of nitrogens with zero attached hydrogens (tertiary/aromatic N) is 5. The summed E-state index contributed by atoms with van der Waals surface area (Å²) in [5.74, 6) is 0.803. The Morgan fingerprint density at radius 2 is 2.07 bits per heavy atom. The number of anilines is 1. The fraction of sp³-hybridized carbons (Fsp3) is 0.429. The maximum Gasteiger partial charge on any atom is 0.251 e. The predicted octanol–water partition coefficient (Wildman–Crippen LogP) is 2.24. The van der Waals surface area contributed by atoms with Crippen molar-refractivity contribution in [3.05, 3.63) is 42.0 Å². The van der Waals surface area contributed by atoms with Gasteiger partial charge in [-0.15, -0.1) is 0 Å². The topological polar surface area (TPSA) is 85.2 Å². The zero-order chi connectivity index (χ0) is 19.8. The van der Waals surface area contributed by atoms with Gasteiger partial charge in [0.2, 0.25) is 0 Å². The van der Waals surface area contributed by atoms with Crippen molar-refractivity contribution in [2.45, 2.75) is 32.2 Å². The SMILES string of the molecule is Cc1ccc(C(=O)NC2CC2)cc1-n1cnc2c(N3CCCOCC3)ncnc21. The second-order valence-corrected chi connectivity index (χ2v) is 7.69. The minimum Gasteiger partial charge on any atom is -0.380 e. The summed E-state index contributed by atoms with van der Waals surface area (Å²) in [4.78, 5) is 28.4. The lowest BCUT2D eigenvalue weighted by Crippen LogP contribution is -2.27. The van der Waals surface area contributed by atoms with E-state index < -0.39 is 0 Å². The van der Waals surface area contributed by atoms with Gasteiger partial charge < -0.3 is 15.0 Å². The fourth-order valence-corrected chi connectivity index (χ4v) is 3.69. The molecule has 0 atom stereocenters. The largest absolute Gasteiger partial charge is 0.380 e. The van der Waals surface area contributed by atoms with Gasteiger partial charge in [-0.05, 0) is 43.9 Å². The number of ether oxygens (including phenoxy) is 1. The van der Waals surface area contributed by atoms with Gasteiger partial charge in [0.25, 0.3) is 5.91 Å². The Bertz CT molecular complexity index is 1050. The molecule has 1 aliphatic heterocycles. The molecule has 2 aliphatic rings. The Morgan fingerprint density at radius 1 is 1.17 bits per heavy atom. The molecular weight excluding hydrogens is 368 g/mol. The highest BCUT2D eigenvalue weighted by Crippen LogP contribution is 2.27. The highest BCUT2D eigenvalue weighted by Gasteiger charge is 2.24. The number of carbonyl (C=O) groups excluding carboxylic acids is 1. The summed E-state index contributed by atoms with van der Waals surface area (Å²) in [7, 11) is 0. The van der Waals surface area contributed by atoms with E-state index in [1.165, 1.54) is 0 Å². The average Bonchev–Trinajstić information content (AvgIpc) is 3.50. The van der Waals surface area contributed by atoms with Crippen LogP contribution in [0.1, 0.15) is 35.2 Å². The molecule has 2 aromatic heterocycles. The molecule has 8 heteroatoms. The van der Waals surface area contributed by atoms with Crippen LogP contribution in [0.2, 0.25) is 0 Å². The number of aromatic nitrogens is 4. The Kier molecular flexibility index (Phi) is 4.63. The summed E-state index contributed by atoms with van der Waals surface area (Å²) in [5.41, 5.74) is 4.11. The van der Waals surface area contributed by atoms with Crippen LogP contribution in [0.3, 0.4) is 0 Å². The third-order valence-corrected chi connectivity index (χ3v) is 5.48. The van der Waals surface area contributed by atoms with Gasteiger partial charge >= 0.3 is 0 Å². The van der Waals surface area contributed by atoms with E-state index in [4.69, 9.17) is 4.74 Å². The van der Waals surface area contributed by atoms with Gasteiger partial charge in [-0.25, -0.2) is 15.0 Å². The Balaban J connectivity index is 1.53. The summed E-state index contributed by atoms with van der Waals surface area (Å²) < 4.78 is 7.51. The van der Waals surface area contributed by atoms with Gasteiger partial charge in [-0.3, -0.25) is 9.36 Å². The van der Waals surface area contributed by atoms with E-state index in [1.807, 2.05) is 29.7 Å². The molecule has 3 aromatic rings. The van der Waals surface area contributed by atoms with Gasteiger partial charge in [-0.1, -0.05) is 6.07 Å². The molecule has 3 heterocycles. The number of hydrogen-bond acceptors (Lipinski definition) is 6. The normalized spacial score (nSPS) is 17.3. The second kappa shape index (κ2) is 7.44. The van der Waals surface area contributed by atoms with E-state index in [2.05, 4.69) is 25.2 Å². The van der Waals surface area contributed by atoms with Gasteiger partial charge in [0.05, 0.1) is 12.3 Å². The van der Waals surface area contributed by atoms with Crippen LogP contribution in [-0.2, 0) is 4.74 Å². The molecule has 150 valence electrons. The minimum atomic E-state index is -0.0296. The third-order valence-electron chi connectivity index (χ3n) is 5.48. The number of aryl methyl sites for hydroxylation is 1. The number of carbonyl (C=O) groups is 1. The van der Waals surface area contributed by atoms with E-state index in [9.17, 15) is 4.79 Å². The van der Waals surface area contributed by atoms with Crippen molar-refractivity contribution in [3.63, 3.8) is 0 Å². The van der Waals surface area contributed by atoms with E-state index >= 15 is 0 Å². The first kappa shape index (κ1) is 18.1. The molecule has 1 aromatic carbocycles. The van der Waals surface area contributed by atoms with Crippen LogP contribution < -0.4 is 10.2 Å². The smallest absolute Gasteiger partial charge is 0.251 e. The van der Waals surface area contributed by atoms with Crippen molar-refractivity contribution >= 4 is 22.9 Å². The lowest BCUT2D eigenvalue weighted by Gasteiger charge is -2.20. The first-order chi connectivity index (χ1) is 14.2. The molecule has 5 rings (SSSR count). The van der Waals surface area contributed by atoms with Crippen molar-refractivity contribution in [1.29, 1.82) is 0 Å². The highest BCUT2D eigenvalue weighted by atomic mass is 16.5. The van der Waals surface area contributed by atoms with Crippen molar-refractivity contribution < 1.29 is 9.53 Å². The third kappa shape index (κ3) is 3.55. The standard InChI is InChI=1S/C21H24N6O2/c1-14-3-4-15(21(28)25-16-5-6-16)11-17(14)27-13-24-18-19(22-12-23-20(18)27)26-7-2-9-29-10-8-26/h3-4,11-13,16H,2,5-10H2,1H3,(H,25,28). The maximum absolute atomic E-state index is 12.5. The zero-order valence-electron chi connectivity index (χ0n) is 16.5. The number of fused-ring (bicyclic) bond motifs is 1. The summed E-state index contributed by atoms with van der Waals surface area (Å²) in [6.07, 6.45) is 6.45. The molecule has 1 saturated heterocycles.